The van der Waals surface area contributed by atoms with Gasteiger partial charge in [0.15, 0.2) is 0 Å². The van der Waals surface area contributed by atoms with Gasteiger partial charge < -0.3 is 9.47 Å². The summed E-state index contributed by atoms with van der Waals surface area (Å²) in [4.78, 5) is 12.4. The summed E-state index contributed by atoms with van der Waals surface area (Å²) in [7, 11) is 0. The Morgan fingerprint density at radius 2 is 2.00 bits per heavy atom. The number of esters is 1. The fourth-order valence-corrected chi connectivity index (χ4v) is 2.94. The Bertz CT molecular complexity index is 360. The van der Waals surface area contributed by atoms with Crippen molar-refractivity contribution < 1.29 is 14.3 Å². The minimum absolute atomic E-state index is 0.0844. The molecule has 0 bridgehead atoms. The summed E-state index contributed by atoms with van der Waals surface area (Å²) in [5.74, 6) is -0.0844. The highest BCUT2D eigenvalue weighted by Crippen LogP contribution is 2.37. The van der Waals surface area contributed by atoms with Crippen LogP contribution in [-0.2, 0) is 14.3 Å². The van der Waals surface area contributed by atoms with E-state index in [1.54, 1.807) is 0 Å². The topological polar surface area (TPSA) is 47.6 Å². The van der Waals surface area contributed by atoms with Crippen LogP contribution in [0.3, 0.4) is 0 Å². The maximum Gasteiger partial charge on any atom is 0.326 e. The maximum atomic E-state index is 12.4. The molecule has 2 aliphatic rings. The molecular formula is C17H31NO3. The molecule has 0 heterocycles. The van der Waals surface area contributed by atoms with Gasteiger partial charge in [-0.2, -0.15) is 0 Å². The predicted octanol–water partition coefficient (Wildman–Crippen LogP) is 3.05. The van der Waals surface area contributed by atoms with Crippen LogP contribution in [0.4, 0.5) is 0 Å². The molecule has 2 unspecified atom stereocenters. The van der Waals surface area contributed by atoms with Crippen molar-refractivity contribution in [3.8, 4) is 0 Å². The van der Waals surface area contributed by atoms with Crippen molar-refractivity contribution in [3.63, 3.8) is 0 Å². The third kappa shape index (κ3) is 4.96. The van der Waals surface area contributed by atoms with Gasteiger partial charge in [-0.25, -0.2) is 0 Å². The van der Waals surface area contributed by atoms with Crippen LogP contribution in [0.1, 0.15) is 66.2 Å². The van der Waals surface area contributed by atoms with Gasteiger partial charge in [-0.1, -0.05) is 20.8 Å². The lowest BCUT2D eigenvalue weighted by atomic mass is 9.93. The van der Waals surface area contributed by atoms with Crippen LogP contribution in [0.25, 0.3) is 0 Å². The second-order valence-electron chi connectivity index (χ2n) is 7.77. The van der Waals surface area contributed by atoms with Crippen molar-refractivity contribution in [2.75, 3.05) is 13.2 Å². The second kappa shape index (κ2) is 6.66. The molecule has 2 aliphatic carbocycles. The first-order valence-electron chi connectivity index (χ1n) is 8.41. The predicted molar refractivity (Wildman–Crippen MR) is 83.2 cm³/mol. The fourth-order valence-electron chi connectivity index (χ4n) is 2.94. The first-order valence-corrected chi connectivity index (χ1v) is 8.41. The molecule has 2 rings (SSSR count). The molecule has 1 N–H and O–H groups in total. The smallest absolute Gasteiger partial charge is 0.326 e. The Labute approximate surface area is 129 Å². The molecule has 21 heavy (non-hydrogen) atoms. The van der Waals surface area contributed by atoms with Gasteiger partial charge in [0.2, 0.25) is 0 Å². The number of nitrogens with one attached hydrogen (secondary N) is 1. The first-order chi connectivity index (χ1) is 9.85. The Morgan fingerprint density at radius 3 is 2.57 bits per heavy atom. The highest BCUT2D eigenvalue weighted by molar-refractivity contribution is 5.81. The van der Waals surface area contributed by atoms with Crippen LogP contribution >= 0.6 is 0 Å². The summed E-state index contributed by atoms with van der Waals surface area (Å²) in [5.41, 5.74) is -0.202. The monoisotopic (exact) mass is 297 g/mol. The molecule has 0 aromatic heterocycles. The van der Waals surface area contributed by atoms with Gasteiger partial charge in [-0.05, 0) is 44.4 Å². The van der Waals surface area contributed by atoms with Crippen LogP contribution < -0.4 is 5.32 Å². The van der Waals surface area contributed by atoms with E-state index in [4.69, 9.17) is 9.47 Å². The summed E-state index contributed by atoms with van der Waals surface area (Å²) in [6, 6.07) is 0.503. The van der Waals surface area contributed by atoms with Crippen molar-refractivity contribution in [3.05, 3.63) is 0 Å². The highest BCUT2D eigenvalue weighted by atomic mass is 16.5. The van der Waals surface area contributed by atoms with E-state index in [0.29, 0.717) is 18.1 Å². The zero-order chi connectivity index (χ0) is 15.5. The molecule has 0 aromatic carbocycles. The molecular weight excluding hydrogens is 266 g/mol. The lowest BCUT2D eigenvalue weighted by Crippen LogP contribution is -2.52. The highest BCUT2D eigenvalue weighted by Gasteiger charge is 2.49. The lowest BCUT2D eigenvalue weighted by Gasteiger charge is -2.28. The number of carbonyl (C=O) groups is 1. The fraction of sp³-hybridized carbons (Fsp3) is 0.941. The average Bonchev–Trinajstić information content (AvgIpc) is 3.08. The van der Waals surface area contributed by atoms with E-state index in [9.17, 15) is 4.79 Å². The zero-order valence-electron chi connectivity index (χ0n) is 14.0. The van der Waals surface area contributed by atoms with Crippen LogP contribution in [0.2, 0.25) is 0 Å². The third-order valence-corrected chi connectivity index (χ3v) is 4.40. The van der Waals surface area contributed by atoms with Gasteiger partial charge >= 0.3 is 5.97 Å². The molecule has 0 amide bonds. The van der Waals surface area contributed by atoms with E-state index in [1.165, 1.54) is 12.8 Å². The van der Waals surface area contributed by atoms with Crippen molar-refractivity contribution in [1.29, 1.82) is 0 Å². The van der Waals surface area contributed by atoms with Gasteiger partial charge in [0, 0.05) is 19.1 Å². The summed E-state index contributed by atoms with van der Waals surface area (Å²) in [6.07, 6.45) is 6.12. The van der Waals surface area contributed by atoms with Gasteiger partial charge in [0.25, 0.3) is 0 Å². The van der Waals surface area contributed by atoms with E-state index in [0.717, 1.165) is 32.3 Å². The molecule has 0 aliphatic heterocycles. The minimum atomic E-state index is -0.496. The average molecular weight is 297 g/mol. The summed E-state index contributed by atoms with van der Waals surface area (Å²) in [6.45, 7) is 9.77. The van der Waals surface area contributed by atoms with Gasteiger partial charge in [0.1, 0.15) is 5.54 Å². The van der Waals surface area contributed by atoms with Crippen molar-refractivity contribution in [2.24, 2.45) is 5.41 Å². The van der Waals surface area contributed by atoms with E-state index in [2.05, 4.69) is 26.1 Å². The molecule has 2 saturated carbocycles. The number of ether oxygens (including phenoxy) is 2. The van der Waals surface area contributed by atoms with Gasteiger partial charge in [-0.15, -0.1) is 0 Å². The number of rotatable bonds is 7. The quantitative estimate of drug-likeness (QED) is 0.734. The van der Waals surface area contributed by atoms with Crippen molar-refractivity contribution in [1.82, 2.24) is 5.32 Å². The van der Waals surface area contributed by atoms with E-state index in [-0.39, 0.29) is 12.1 Å². The molecule has 0 spiro atoms. The molecule has 0 radical (unpaired) electrons. The maximum absolute atomic E-state index is 12.4. The summed E-state index contributed by atoms with van der Waals surface area (Å²) < 4.78 is 11.3. The van der Waals surface area contributed by atoms with E-state index >= 15 is 0 Å². The molecule has 122 valence electrons. The molecule has 0 aromatic rings. The first kappa shape index (κ1) is 16.8. The van der Waals surface area contributed by atoms with Gasteiger partial charge in [-0.3, -0.25) is 10.1 Å². The standard InChI is InChI=1S/C17H31NO3/c1-5-20-15(19)17(18-13-6-7-13)9-8-14(12-17)21-11-10-16(2,3)4/h13-14,18H,5-12H2,1-4H3. The van der Waals surface area contributed by atoms with Crippen LogP contribution in [0.15, 0.2) is 0 Å². The summed E-state index contributed by atoms with van der Waals surface area (Å²) >= 11 is 0. The van der Waals surface area contributed by atoms with E-state index in [1.807, 2.05) is 6.92 Å². The van der Waals surface area contributed by atoms with Crippen molar-refractivity contribution in [2.45, 2.75) is 83.9 Å². The molecule has 4 nitrogen and oxygen atoms in total. The Hall–Kier alpha value is -0.610. The molecule has 2 atom stereocenters. The largest absolute Gasteiger partial charge is 0.465 e. The minimum Gasteiger partial charge on any atom is -0.465 e. The number of hydrogen-bond donors (Lipinski definition) is 1. The third-order valence-electron chi connectivity index (χ3n) is 4.40. The van der Waals surface area contributed by atoms with Crippen LogP contribution in [0, 0.1) is 5.41 Å². The number of hydrogen-bond acceptors (Lipinski definition) is 4. The number of carbonyl (C=O) groups excluding carboxylic acids is 1. The Kier molecular flexibility index (Phi) is 5.31. The van der Waals surface area contributed by atoms with Crippen LogP contribution in [0.5, 0.6) is 0 Å². The van der Waals surface area contributed by atoms with E-state index < -0.39 is 5.54 Å². The van der Waals surface area contributed by atoms with Crippen LogP contribution in [-0.4, -0.2) is 36.9 Å². The molecule has 2 fully saturated rings. The summed E-state index contributed by atoms with van der Waals surface area (Å²) in [5, 5.41) is 3.53. The Balaban J connectivity index is 1.86. The molecule has 4 heteroatoms. The zero-order valence-corrected chi connectivity index (χ0v) is 14.0. The van der Waals surface area contributed by atoms with Gasteiger partial charge in [0.05, 0.1) is 12.7 Å². The molecule has 0 saturated heterocycles. The normalized spacial score (nSPS) is 29.6. The van der Waals surface area contributed by atoms with Crippen molar-refractivity contribution >= 4 is 5.97 Å². The Morgan fingerprint density at radius 1 is 1.29 bits per heavy atom. The second-order valence-corrected chi connectivity index (χ2v) is 7.77. The SMILES string of the molecule is CCOC(=O)C1(NC2CC2)CCC(OCCC(C)(C)C)C1. The lowest BCUT2D eigenvalue weighted by molar-refractivity contribution is -0.151.